The van der Waals surface area contributed by atoms with Crippen LogP contribution < -0.4 is 10.1 Å². The van der Waals surface area contributed by atoms with Gasteiger partial charge in [0.2, 0.25) is 0 Å². The van der Waals surface area contributed by atoms with Crippen LogP contribution in [0.4, 0.5) is 13.2 Å². The van der Waals surface area contributed by atoms with E-state index in [1.807, 2.05) is 0 Å². The van der Waals surface area contributed by atoms with E-state index in [1.54, 1.807) is 24.3 Å². The van der Waals surface area contributed by atoms with E-state index in [0.29, 0.717) is 11.3 Å². The van der Waals surface area contributed by atoms with Crippen LogP contribution in [-0.4, -0.2) is 37.2 Å². The van der Waals surface area contributed by atoms with Crippen molar-refractivity contribution in [2.75, 3.05) is 14.2 Å². The molecule has 0 saturated carbocycles. The summed E-state index contributed by atoms with van der Waals surface area (Å²) in [6.07, 6.45) is -6.19. The number of carbonyl (C=O) groups excluding carboxylic acids is 2. The summed E-state index contributed by atoms with van der Waals surface area (Å²) in [5.41, 5.74) is -0.241. The van der Waals surface area contributed by atoms with Crippen LogP contribution in [0.25, 0.3) is 0 Å². The summed E-state index contributed by atoms with van der Waals surface area (Å²) in [5, 5.41) is 12.5. The fourth-order valence-corrected chi connectivity index (χ4v) is 2.59. The standard InChI is InChI=1S/C20H20F3NO5/c1-28-15-9-3-12(4-10-15)11-16(19(27)29-2)24-18(26)17(25)13-5-7-14(8-6-13)20(21,22)23/h3-10,16-17,25H,11H2,1-2H3,(H,24,26)/t16-,17+/m0/s1. The molecular weight excluding hydrogens is 391 g/mol. The number of aliphatic hydroxyl groups is 1. The summed E-state index contributed by atoms with van der Waals surface area (Å²) in [7, 11) is 2.66. The molecule has 0 bridgehead atoms. The van der Waals surface area contributed by atoms with Crippen LogP contribution in [0, 0.1) is 0 Å². The number of benzene rings is 2. The first kappa shape index (κ1) is 22.2. The highest BCUT2D eigenvalue weighted by Crippen LogP contribution is 2.30. The summed E-state index contributed by atoms with van der Waals surface area (Å²) in [6, 6.07) is 9.21. The summed E-state index contributed by atoms with van der Waals surface area (Å²) in [5.74, 6) is -1.05. The van der Waals surface area contributed by atoms with Crippen molar-refractivity contribution in [3.8, 4) is 5.75 Å². The maximum absolute atomic E-state index is 12.6. The predicted molar refractivity (Wildman–Crippen MR) is 97.0 cm³/mol. The number of aliphatic hydroxyl groups excluding tert-OH is 1. The Morgan fingerprint density at radius 3 is 2.10 bits per heavy atom. The van der Waals surface area contributed by atoms with Gasteiger partial charge in [-0.3, -0.25) is 4.79 Å². The molecule has 0 aliphatic rings. The maximum atomic E-state index is 12.6. The Morgan fingerprint density at radius 2 is 1.62 bits per heavy atom. The highest BCUT2D eigenvalue weighted by Gasteiger charge is 2.31. The van der Waals surface area contributed by atoms with Crippen LogP contribution in [0.15, 0.2) is 48.5 Å². The second kappa shape index (κ2) is 9.42. The predicted octanol–water partition coefficient (Wildman–Crippen LogP) is 2.65. The maximum Gasteiger partial charge on any atom is 0.416 e. The zero-order valence-corrected chi connectivity index (χ0v) is 15.7. The Hall–Kier alpha value is -3.07. The van der Waals surface area contributed by atoms with Gasteiger partial charge in [-0.2, -0.15) is 13.2 Å². The molecule has 2 rings (SSSR count). The lowest BCUT2D eigenvalue weighted by atomic mass is 10.0. The molecule has 0 aromatic heterocycles. The van der Waals surface area contributed by atoms with Crippen molar-refractivity contribution >= 4 is 11.9 Å². The minimum Gasteiger partial charge on any atom is -0.497 e. The van der Waals surface area contributed by atoms with Gasteiger partial charge in [0.05, 0.1) is 19.8 Å². The highest BCUT2D eigenvalue weighted by atomic mass is 19.4. The second-order valence-corrected chi connectivity index (χ2v) is 6.16. The molecule has 0 heterocycles. The third kappa shape index (κ3) is 5.95. The number of nitrogens with one attached hydrogen (secondary N) is 1. The quantitative estimate of drug-likeness (QED) is 0.685. The minimum absolute atomic E-state index is 0.0384. The van der Waals surface area contributed by atoms with Gasteiger partial charge in [-0.15, -0.1) is 0 Å². The van der Waals surface area contributed by atoms with Gasteiger partial charge >= 0.3 is 12.1 Å². The topological polar surface area (TPSA) is 84.9 Å². The monoisotopic (exact) mass is 411 g/mol. The fourth-order valence-electron chi connectivity index (χ4n) is 2.59. The molecule has 2 N–H and O–H groups in total. The van der Waals surface area contributed by atoms with E-state index in [9.17, 15) is 27.9 Å². The molecule has 2 aromatic carbocycles. The average Bonchev–Trinajstić information content (AvgIpc) is 2.72. The molecule has 0 unspecified atom stereocenters. The number of rotatable bonds is 7. The Kier molecular flexibility index (Phi) is 7.22. The fraction of sp³-hybridized carbons (Fsp3) is 0.300. The highest BCUT2D eigenvalue weighted by molar-refractivity contribution is 5.87. The van der Waals surface area contributed by atoms with Crippen LogP contribution in [0.5, 0.6) is 5.75 Å². The number of methoxy groups -OCH3 is 2. The molecule has 1 amide bonds. The number of alkyl halides is 3. The summed E-state index contributed by atoms with van der Waals surface area (Å²) < 4.78 is 47.6. The zero-order valence-electron chi connectivity index (χ0n) is 15.7. The lowest BCUT2D eigenvalue weighted by Gasteiger charge is -2.19. The first-order chi connectivity index (χ1) is 13.7. The summed E-state index contributed by atoms with van der Waals surface area (Å²) in [4.78, 5) is 24.4. The van der Waals surface area contributed by atoms with Crippen LogP contribution in [-0.2, 0) is 26.9 Å². The summed E-state index contributed by atoms with van der Waals surface area (Å²) in [6.45, 7) is 0. The second-order valence-electron chi connectivity index (χ2n) is 6.16. The third-order valence-electron chi connectivity index (χ3n) is 4.20. The van der Waals surface area contributed by atoms with E-state index >= 15 is 0 Å². The number of carbonyl (C=O) groups is 2. The van der Waals surface area contributed by atoms with Crippen molar-refractivity contribution in [1.29, 1.82) is 0 Å². The Morgan fingerprint density at radius 1 is 1.03 bits per heavy atom. The van der Waals surface area contributed by atoms with Crippen LogP contribution in [0.1, 0.15) is 22.8 Å². The molecule has 6 nitrogen and oxygen atoms in total. The molecule has 0 saturated heterocycles. The molecule has 2 aromatic rings. The van der Waals surface area contributed by atoms with Crippen LogP contribution in [0.2, 0.25) is 0 Å². The van der Waals surface area contributed by atoms with Crippen molar-refractivity contribution in [2.45, 2.75) is 24.7 Å². The number of amides is 1. The zero-order chi connectivity index (χ0) is 21.6. The largest absolute Gasteiger partial charge is 0.497 e. The number of ether oxygens (including phenoxy) is 2. The van der Waals surface area contributed by atoms with Gasteiger partial charge in [0.15, 0.2) is 6.10 Å². The number of hydrogen-bond donors (Lipinski definition) is 2. The first-order valence-electron chi connectivity index (χ1n) is 8.52. The van der Waals surface area contributed by atoms with Crippen molar-refractivity contribution in [3.05, 3.63) is 65.2 Å². The molecule has 9 heteroatoms. The van der Waals surface area contributed by atoms with Crippen molar-refractivity contribution < 1.29 is 37.3 Å². The van der Waals surface area contributed by atoms with Gasteiger partial charge < -0.3 is 19.9 Å². The average molecular weight is 411 g/mol. The van der Waals surface area contributed by atoms with Gasteiger partial charge in [0.1, 0.15) is 11.8 Å². The van der Waals surface area contributed by atoms with Gasteiger partial charge in [-0.1, -0.05) is 24.3 Å². The molecule has 0 radical (unpaired) electrons. The SMILES string of the molecule is COC(=O)[C@H](Cc1ccc(OC)cc1)NC(=O)[C@H](O)c1ccc(C(F)(F)F)cc1. The lowest BCUT2D eigenvalue weighted by molar-refractivity contribution is -0.146. The first-order valence-corrected chi connectivity index (χ1v) is 8.52. The molecule has 0 aliphatic carbocycles. The van der Waals surface area contributed by atoms with Crippen molar-refractivity contribution in [2.24, 2.45) is 0 Å². The van der Waals surface area contributed by atoms with E-state index < -0.39 is 35.8 Å². The summed E-state index contributed by atoms with van der Waals surface area (Å²) >= 11 is 0. The Balaban J connectivity index is 2.10. The Bertz CT molecular complexity index is 835. The number of esters is 1. The molecule has 0 aliphatic heterocycles. The number of halogens is 3. The van der Waals surface area contributed by atoms with Crippen LogP contribution >= 0.6 is 0 Å². The molecule has 0 fully saturated rings. The van der Waals surface area contributed by atoms with Crippen molar-refractivity contribution in [1.82, 2.24) is 5.32 Å². The normalized spacial score (nSPS) is 13.3. The molecular formula is C20H20F3NO5. The molecule has 156 valence electrons. The van der Waals surface area contributed by atoms with Gasteiger partial charge in [-0.05, 0) is 35.4 Å². The third-order valence-corrected chi connectivity index (χ3v) is 4.20. The minimum atomic E-state index is -4.53. The molecule has 0 spiro atoms. The van der Waals surface area contributed by atoms with Crippen molar-refractivity contribution in [3.63, 3.8) is 0 Å². The van der Waals surface area contributed by atoms with Gasteiger partial charge in [0.25, 0.3) is 5.91 Å². The van der Waals surface area contributed by atoms with Gasteiger partial charge in [-0.25, -0.2) is 4.79 Å². The van der Waals surface area contributed by atoms with E-state index in [-0.39, 0.29) is 12.0 Å². The Labute approximate surface area is 165 Å². The number of hydrogen-bond acceptors (Lipinski definition) is 5. The van der Waals surface area contributed by atoms with E-state index in [1.165, 1.54) is 7.11 Å². The van der Waals surface area contributed by atoms with E-state index in [0.717, 1.165) is 31.4 Å². The molecule has 29 heavy (non-hydrogen) atoms. The van der Waals surface area contributed by atoms with Gasteiger partial charge in [0, 0.05) is 6.42 Å². The van der Waals surface area contributed by atoms with Crippen LogP contribution in [0.3, 0.4) is 0 Å². The lowest BCUT2D eigenvalue weighted by Crippen LogP contribution is -2.45. The smallest absolute Gasteiger partial charge is 0.416 e. The molecule has 2 atom stereocenters. The van der Waals surface area contributed by atoms with E-state index in [4.69, 9.17) is 4.74 Å². The van der Waals surface area contributed by atoms with E-state index in [2.05, 4.69) is 10.1 Å².